The Hall–Kier alpha value is -1.93. The van der Waals surface area contributed by atoms with Crippen LogP contribution >= 0.6 is 11.3 Å². The first-order valence-electron chi connectivity index (χ1n) is 16.6. The van der Waals surface area contributed by atoms with Crippen molar-refractivity contribution in [3.8, 4) is 5.75 Å². The van der Waals surface area contributed by atoms with Crippen molar-refractivity contribution in [2.75, 3.05) is 26.0 Å². The van der Waals surface area contributed by atoms with Crippen LogP contribution in [0.5, 0.6) is 5.75 Å². The molecule has 1 fully saturated rings. The molecule has 0 aliphatic carbocycles. The molecule has 0 aromatic carbocycles. The summed E-state index contributed by atoms with van der Waals surface area (Å²) in [7, 11) is 0. The molecule has 1 saturated heterocycles. The van der Waals surface area contributed by atoms with Crippen molar-refractivity contribution in [1.29, 1.82) is 1.43 Å². The summed E-state index contributed by atoms with van der Waals surface area (Å²) in [6.45, 7) is -14.3. The Balaban J connectivity index is 2.13. The predicted octanol–water partition coefficient (Wildman–Crippen LogP) is 2.35. The Kier molecular flexibility index (Phi) is 1.98. The molecular weight excluding hydrogens is 352 g/mol. The number of carbonyl (C=O) groups is 1. The minimum Gasteiger partial charge on any atom is -0.505 e. The molecule has 1 unspecified atom stereocenters. The number of aromatic nitrogens is 2. The first-order valence-corrected chi connectivity index (χ1v) is 8.02. The van der Waals surface area contributed by atoms with E-state index in [1.54, 1.807) is 0 Å². The first kappa shape index (κ1) is 6.31. The number of rotatable bonds is 7. The largest absolute Gasteiger partial charge is 0.505 e. The van der Waals surface area contributed by atoms with Crippen LogP contribution < -0.4 is 10.9 Å². The minimum absolute atomic E-state index is 0.109. The Labute approximate surface area is 183 Å². The van der Waals surface area contributed by atoms with Crippen molar-refractivity contribution in [1.82, 2.24) is 19.8 Å². The quantitative estimate of drug-likeness (QED) is 0.749. The predicted molar refractivity (Wildman–Crippen MR) is 103 cm³/mol. The van der Waals surface area contributed by atoms with Gasteiger partial charge in [-0.25, -0.2) is 4.98 Å². The van der Waals surface area contributed by atoms with Crippen LogP contribution in [-0.4, -0.2) is 52.9 Å². The summed E-state index contributed by atoms with van der Waals surface area (Å²) < 4.78 is 152. The van der Waals surface area contributed by atoms with Crippen LogP contribution in [-0.2, 0) is 0 Å². The summed E-state index contributed by atoms with van der Waals surface area (Å²) in [4.78, 5) is 30.2. The Bertz CT molecular complexity index is 1540. The van der Waals surface area contributed by atoms with E-state index in [1.807, 2.05) is 0 Å². The highest BCUT2D eigenvalue weighted by atomic mass is 32.1. The van der Waals surface area contributed by atoms with Crippen molar-refractivity contribution in [2.45, 2.75) is 45.3 Å². The number of hydrogen-bond acceptors (Lipinski definition) is 6. The summed E-state index contributed by atoms with van der Waals surface area (Å²) in [6, 6.07) is -2.84. The molecule has 3 rings (SSSR count). The van der Waals surface area contributed by atoms with Gasteiger partial charge in [0.1, 0.15) is 15.9 Å². The van der Waals surface area contributed by atoms with Crippen molar-refractivity contribution < 1.29 is 34.6 Å². The number of likely N-dealkylation sites (tertiary alicyclic amines) is 1. The van der Waals surface area contributed by atoms with Crippen LogP contribution in [0.3, 0.4) is 0 Å². The molecule has 1 atom stereocenters. The smallest absolute Gasteiger partial charge is 0.293 e. The fraction of sp³-hybridized carbons (Fsp3) is 0.611. The number of pyridine rings is 1. The molecule has 0 radical (unpaired) electrons. The lowest BCUT2D eigenvalue weighted by atomic mass is 10.1. The van der Waals surface area contributed by atoms with Crippen LogP contribution in [0.2, 0.25) is 1.41 Å². The van der Waals surface area contributed by atoms with Crippen LogP contribution in [0.25, 0.3) is 10.3 Å². The third-order valence-corrected chi connectivity index (χ3v) is 4.00. The molecule has 26 heavy (non-hydrogen) atoms. The highest BCUT2D eigenvalue weighted by Crippen LogP contribution is 2.29. The van der Waals surface area contributed by atoms with E-state index in [0.29, 0.717) is 11.3 Å². The molecule has 3 heterocycles. The van der Waals surface area contributed by atoms with E-state index in [-0.39, 0.29) is 9.47 Å². The van der Waals surface area contributed by atoms with Gasteiger partial charge in [0.15, 0.2) is 7.16 Å². The fourth-order valence-corrected chi connectivity index (χ4v) is 2.90. The minimum atomic E-state index is -3.74. The lowest BCUT2D eigenvalue weighted by Crippen LogP contribution is -2.36. The molecule has 142 valence electrons. The molecule has 7 nitrogen and oxygen atoms in total. The summed E-state index contributed by atoms with van der Waals surface area (Å²) in [5.74, 6) is -2.90. The zero-order valence-corrected chi connectivity index (χ0v) is 14.2. The Morgan fingerprint density at radius 1 is 1.69 bits per heavy atom. The van der Waals surface area contributed by atoms with E-state index < -0.39 is 108 Å². The van der Waals surface area contributed by atoms with Gasteiger partial charge < -0.3 is 15.3 Å². The van der Waals surface area contributed by atoms with Crippen molar-refractivity contribution >= 4 is 27.6 Å². The average Bonchev–Trinajstić information content (AvgIpc) is 3.25. The maximum Gasteiger partial charge on any atom is 0.293 e. The van der Waals surface area contributed by atoms with Gasteiger partial charge >= 0.3 is 0 Å². The molecule has 1 amide bonds. The van der Waals surface area contributed by atoms with Crippen molar-refractivity contribution in [3.63, 3.8) is 0 Å². The molecule has 2 aromatic heterocycles. The number of piperidine rings is 1. The van der Waals surface area contributed by atoms with Gasteiger partial charge in [-0.1, -0.05) is 6.37 Å². The molecule has 0 bridgehead atoms. The number of fused-ring (bicyclic) bond motifs is 1. The average molecular weight is 398 g/mol. The number of amides is 1. The Morgan fingerprint density at radius 2 is 2.50 bits per heavy atom. The van der Waals surface area contributed by atoms with Gasteiger partial charge in [0.25, 0.3) is 12.9 Å². The number of aromatic hydroxyl groups is 1. The first-order chi connectivity index (χ1) is 19.9. The molecule has 8 heteroatoms. The number of hydrogen-bond donors (Lipinski definition) is 2. The monoisotopic (exact) mass is 397 g/mol. The van der Waals surface area contributed by atoms with Gasteiger partial charge in [-0.15, -0.1) is 11.3 Å². The van der Waals surface area contributed by atoms with Crippen LogP contribution in [0, 0.1) is 0 Å². The van der Waals surface area contributed by atoms with Crippen molar-refractivity contribution in [2.24, 2.45) is 0 Å². The third kappa shape index (κ3) is 3.76. The zero-order valence-electron chi connectivity index (χ0n) is 32.3. The lowest BCUT2D eigenvalue weighted by molar-refractivity contribution is 0.0946. The van der Waals surface area contributed by atoms with E-state index in [1.165, 1.54) is 0 Å². The van der Waals surface area contributed by atoms with E-state index in [2.05, 4.69) is 10.1 Å². The summed E-state index contributed by atoms with van der Waals surface area (Å²) in [5.41, 5.74) is -4.14. The molecule has 0 saturated carbocycles. The Morgan fingerprint density at radius 3 is 3.23 bits per heavy atom. The normalized spacial score (nSPS) is 39.2. The summed E-state index contributed by atoms with van der Waals surface area (Å²) >= 11 is 0.398. The van der Waals surface area contributed by atoms with Gasteiger partial charge in [0, 0.05) is 33.1 Å². The second-order valence-electron chi connectivity index (χ2n) is 4.96. The molecule has 2 N–H and O–H groups in total. The third-order valence-electron chi connectivity index (χ3n) is 3.25. The van der Waals surface area contributed by atoms with E-state index in [9.17, 15) is 9.59 Å². The SMILES string of the molecule is [2H]Oc1c(C(=O)N([2H])C([2H])([2H])CCN2C([2H])([2H])C([2H])([2H])C([2H])([2H])C([2H])([2H])C2([2H])[2H])c(=O)n(C([2H])(C)C([2H])([2H])[2H])c2sc([2H])nc12. The number of nitrogens with one attached hydrogen (secondary N) is 1. The van der Waals surface area contributed by atoms with E-state index in [0.717, 1.165) is 6.92 Å². The van der Waals surface area contributed by atoms with Gasteiger partial charge in [-0.05, 0) is 52.5 Å². The summed E-state index contributed by atoms with van der Waals surface area (Å²) in [5, 5.41) is 3.87. The number of nitrogens with zero attached hydrogens (tertiary/aromatic N) is 3. The maximum atomic E-state index is 13.6. The summed E-state index contributed by atoms with van der Waals surface area (Å²) in [6.07, 6.45) is -12.4. The van der Waals surface area contributed by atoms with Gasteiger partial charge in [-0.3, -0.25) is 14.2 Å². The number of thiazole rings is 1. The van der Waals surface area contributed by atoms with Gasteiger partial charge in [-0.2, -0.15) is 0 Å². The van der Waals surface area contributed by atoms with Crippen LogP contribution in [0.15, 0.2) is 10.3 Å². The van der Waals surface area contributed by atoms with Gasteiger partial charge in [0.05, 0.1) is 8.23 Å². The molecule has 0 spiro atoms. The zero-order chi connectivity index (χ0) is 35.3. The molecular formula is C18H26N4O3S. The van der Waals surface area contributed by atoms with E-state index in [4.69, 9.17) is 26.1 Å². The lowest BCUT2D eigenvalue weighted by Gasteiger charge is -2.26. The molecule has 1 aliphatic rings. The second kappa shape index (κ2) is 8.18. The highest BCUT2D eigenvalue weighted by Gasteiger charge is 2.24. The second-order valence-corrected chi connectivity index (χ2v) is 5.74. The standard InChI is InChI=1S/C18H26N4O3S/c1-12(2)22-17(25)13(15(23)14-18(22)26-11-20-14)16(24)19-7-6-10-21-8-4-3-5-9-21/h11-12,23H,3-10H2,1-2H3,(H,19,24)/i1D3,3D2,4D2,5D2,7D2,8D2,9D2,11D,12D/hD2. The fourth-order valence-electron chi connectivity index (χ4n) is 2.13. The van der Waals surface area contributed by atoms with Crippen LogP contribution in [0.1, 0.15) is 79.0 Å². The maximum absolute atomic E-state index is 13.6. The topological polar surface area (TPSA) is 87.5 Å². The highest BCUT2D eigenvalue weighted by molar-refractivity contribution is 7.16. The molecule has 2 aromatic rings. The van der Waals surface area contributed by atoms with E-state index >= 15 is 0 Å². The van der Waals surface area contributed by atoms with Crippen molar-refractivity contribution in [3.05, 3.63) is 21.4 Å². The number of carbonyl (C=O) groups excluding carboxylic acids is 1. The molecule has 1 aliphatic heterocycles. The van der Waals surface area contributed by atoms with Gasteiger partial charge in [0.2, 0.25) is 0 Å². The van der Waals surface area contributed by atoms with Crippen LogP contribution in [0.4, 0.5) is 0 Å².